The Morgan fingerprint density at radius 1 is 1.29 bits per heavy atom. The van der Waals surface area contributed by atoms with Crippen LogP contribution >= 0.6 is 15.9 Å². The monoisotopic (exact) mass is 351 g/mol. The van der Waals surface area contributed by atoms with Crippen LogP contribution in [-0.4, -0.2) is 24.5 Å². The molecule has 0 amide bonds. The molecule has 2 atom stereocenters. The van der Waals surface area contributed by atoms with E-state index in [9.17, 15) is 0 Å². The molecule has 1 saturated heterocycles. The second kappa shape index (κ2) is 7.78. The summed E-state index contributed by atoms with van der Waals surface area (Å²) in [4.78, 5) is 2.68. The Morgan fingerprint density at radius 2 is 2.10 bits per heavy atom. The summed E-state index contributed by atoms with van der Waals surface area (Å²) in [5.41, 5.74) is 1.82. The van der Waals surface area contributed by atoms with Gasteiger partial charge in [0.25, 0.3) is 0 Å². The van der Waals surface area contributed by atoms with Crippen molar-refractivity contribution in [1.82, 2.24) is 4.90 Å². The van der Waals surface area contributed by atoms with Gasteiger partial charge in [-0.2, -0.15) is 0 Å². The van der Waals surface area contributed by atoms with Crippen LogP contribution in [0.4, 0.5) is 0 Å². The molecule has 1 aromatic carbocycles. The third-order valence-corrected chi connectivity index (χ3v) is 5.87. The molecule has 1 fully saturated rings. The molecule has 2 unspecified atom stereocenters. The zero-order chi connectivity index (χ0) is 15.3. The van der Waals surface area contributed by atoms with E-state index < -0.39 is 0 Å². The highest BCUT2D eigenvalue weighted by atomic mass is 79.9. The van der Waals surface area contributed by atoms with Gasteiger partial charge in [-0.15, -0.1) is 0 Å². The number of hydrogen-bond acceptors (Lipinski definition) is 1. The molecule has 1 aromatic rings. The van der Waals surface area contributed by atoms with Gasteiger partial charge >= 0.3 is 0 Å². The lowest BCUT2D eigenvalue weighted by molar-refractivity contribution is 0.109. The molecule has 118 valence electrons. The van der Waals surface area contributed by atoms with Crippen LogP contribution in [0.15, 0.2) is 28.7 Å². The summed E-state index contributed by atoms with van der Waals surface area (Å²) in [5.74, 6) is 0.715. The maximum Gasteiger partial charge on any atom is 0.0178 e. The van der Waals surface area contributed by atoms with Gasteiger partial charge in [0.05, 0.1) is 0 Å². The summed E-state index contributed by atoms with van der Waals surface area (Å²) < 4.78 is 1.20. The smallest absolute Gasteiger partial charge is 0.0178 e. The SMILES string of the molecule is CCCCCCN1CCC(C)(c2cccc(Br)c2)C(C)C1. The molecule has 0 saturated carbocycles. The zero-order valence-electron chi connectivity index (χ0n) is 13.9. The van der Waals surface area contributed by atoms with E-state index in [1.807, 2.05) is 0 Å². The number of rotatable bonds is 6. The second-order valence-electron chi connectivity index (χ2n) is 6.94. The van der Waals surface area contributed by atoms with Crippen molar-refractivity contribution in [3.05, 3.63) is 34.3 Å². The Bertz CT molecular complexity index is 445. The molecule has 1 aliphatic rings. The fourth-order valence-corrected chi connectivity index (χ4v) is 3.95. The van der Waals surface area contributed by atoms with Crippen LogP contribution in [0.3, 0.4) is 0 Å². The Labute approximate surface area is 139 Å². The first-order valence-corrected chi connectivity index (χ1v) is 9.34. The molecule has 0 spiro atoms. The molecular formula is C19H30BrN. The summed E-state index contributed by atoms with van der Waals surface area (Å²) >= 11 is 3.62. The van der Waals surface area contributed by atoms with E-state index in [0.717, 1.165) is 0 Å². The van der Waals surface area contributed by atoms with E-state index in [0.29, 0.717) is 11.3 Å². The van der Waals surface area contributed by atoms with Gasteiger partial charge in [0.1, 0.15) is 0 Å². The summed E-state index contributed by atoms with van der Waals surface area (Å²) in [6.45, 7) is 11.0. The van der Waals surface area contributed by atoms with Crippen LogP contribution in [0.1, 0.15) is 58.4 Å². The largest absolute Gasteiger partial charge is 0.303 e. The van der Waals surface area contributed by atoms with E-state index in [-0.39, 0.29) is 0 Å². The van der Waals surface area contributed by atoms with Crippen molar-refractivity contribution in [2.45, 2.75) is 58.3 Å². The Balaban J connectivity index is 1.94. The highest BCUT2D eigenvalue weighted by molar-refractivity contribution is 9.10. The average molecular weight is 352 g/mol. The summed E-state index contributed by atoms with van der Waals surface area (Å²) in [7, 11) is 0. The number of piperidine rings is 1. The molecule has 0 aliphatic carbocycles. The van der Waals surface area contributed by atoms with Gasteiger partial charge in [0.15, 0.2) is 0 Å². The minimum atomic E-state index is 0.323. The maximum atomic E-state index is 3.62. The summed E-state index contributed by atoms with van der Waals surface area (Å²) in [6.07, 6.45) is 6.76. The van der Waals surface area contributed by atoms with Gasteiger partial charge in [-0.25, -0.2) is 0 Å². The van der Waals surface area contributed by atoms with E-state index in [1.54, 1.807) is 0 Å². The summed E-state index contributed by atoms with van der Waals surface area (Å²) in [5, 5.41) is 0. The minimum absolute atomic E-state index is 0.323. The highest BCUT2D eigenvalue weighted by Crippen LogP contribution is 2.40. The predicted octanol–water partition coefficient (Wildman–Crippen LogP) is 5.63. The number of likely N-dealkylation sites (tertiary alicyclic amines) is 1. The molecule has 0 N–H and O–H groups in total. The van der Waals surface area contributed by atoms with Gasteiger partial charge in [0, 0.05) is 11.0 Å². The van der Waals surface area contributed by atoms with Crippen LogP contribution < -0.4 is 0 Å². The van der Waals surface area contributed by atoms with Crippen molar-refractivity contribution in [3.8, 4) is 0 Å². The lowest BCUT2D eigenvalue weighted by atomic mass is 9.68. The Kier molecular flexibility index (Phi) is 6.31. The number of hydrogen-bond donors (Lipinski definition) is 0. The molecule has 2 heteroatoms. The van der Waals surface area contributed by atoms with Crippen molar-refractivity contribution < 1.29 is 0 Å². The fraction of sp³-hybridized carbons (Fsp3) is 0.684. The van der Waals surface area contributed by atoms with Crippen molar-refractivity contribution in [3.63, 3.8) is 0 Å². The fourth-order valence-electron chi connectivity index (χ4n) is 3.55. The molecule has 0 aromatic heterocycles. The minimum Gasteiger partial charge on any atom is -0.303 e. The first-order chi connectivity index (χ1) is 10.1. The Hall–Kier alpha value is -0.340. The number of nitrogens with zero attached hydrogens (tertiary/aromatic N) is 1. The van der Waals surface area contributed by atoms with Crippen LogP contribution in [0.2, 0.25) is 0 Å². The number of unbranched alkanes of at least 4 members (excludes halogenated alkanes) is 3. The van der Waals surface area contributed by atoms with Crippen molar-refractivity contribution in [2.24, 2.45) is 5.92 Å². The molecule has 1 heterocycles. The van der Waals surface area contributed by atoms with Gasteiger partial charge < -0.3 is 4.90 Å². The van der Waals surface area contributed by atoms with Gasteiger partial charge in [0.2, 0.25) is 0 Å². The predicted molar refractivity (Wildman–Crippen MR) is 95.9 cm³/mol. The van der Waals surface area contributed by atoms with Gasteiger partial charge in [-0.3, -0.25) is 0 Å². The molecule has 1 aliphatic heterocycles. The van der Waals surface area contributed by atoms with Crippen molar-refractivity contribution in [1.29, 1.82) is 0 Å². The standard InChI is InChI=1S/C19H30BrN/c1-4-5-6-7-12-21-13-11-19(3,16(2)15-21)17-9-8-10-18(20)14-17/h8-10,14,16H,4-7,11-13,15H2,1-3H3. The van der Waals surface area contributed by atoms with Gasteiger partial charge in [-0.1, -0.05) is 68.1 Å². The van der Waals surface area contributed by atoms with E-state index in [4.69, 9.17) is 0 Å². The molecule has 2 rings (SSSR count). The first-order valence-electron chi connectivity index (χ1n) is 8.54. The van der Waals surface area contributed by atoms with E-state index in [1.165, 1.54) is 61.8 Å². The number of halogens is 1. The van der Waals surface area contributed by atoms with E-state index >= 15 is 0 Å². The third kappa shape index (κ3) is 4.32. The van der Waals surface area contributed by atoms with Crippen LogP contribution in [0, 0.1) is 5.92 Å². The highest BCUT2D eigenvalue weighted by Gasteiger charge is 2.37. The first kappa shape index (κ1) is 17.0. The van der Waals surface area contributed by atoms with Crippen LogP contribution in [0.25, 0.3) is 0 Å². The van der Waals surface area contributed by atoms with Crippen LogP contribution in [0.5, 0.6) is 0 Å². The average Bonchev–Trinajstić information content (AvgIpc) is 2.47. The van der Waals surface area contributed by atoms with Crippen LogP contribution in [-0.2, 0) is 5.41 Å². The molecule has 1 nitrogen and oxygen atoms in total. The second-order valence-corrected chi connectivity index (χ2v) is 7.86. The molecule has 21 heavy (non-hydrogen) atoms. The van der Waals surface area contributed by atoms with Crippen molar-refractivity contribution >= 4 is 15.9 Å². The lowest BCUT2D eigenvalue weighted by Gasteiger charge is -2.45. The normalized spacial score (nSPS) is 27.0. The molecule has 0 radical (unpaired) electrons. The third-order valence-electron chi connectivity index (χ3n) is 5.38. The zero-order valence-corrected chi connectivity index (χ0v) is 15.5. The Morgan fingerprint density at radius 3 is 2.76 bits per heavy atom. The van der Waals surface area contributed by atoms with Crippen molar-refractivity contribution in [2.75, 3.05) is 19.6 Å². The quantitative estimate of drug-likeness (QED) is 0.600. The van der Waals surface area contributed by atoms with Gasteiger partial charge in [-0.05, 0) is 55.0 Å². The maximum absolute atomic E-state index is 3.62. The molecular weight excluding hydrogens is 322 g/mol. The summed E-state index contributed by atoms with van der Waals surface area (Å²) in [6, 6.07) is 8.92. The topological polar surface area (TPSA) is 3.24 Å². The van der Waals surface area contributed by atoms with E-state index in [2.05, 4.69) is 65.9 Å². The molecule has 0 bridgehead atoms. The number of benzene rings is 1. The lowest BCUT2D eigenvalue weighted by Crippen LogP contribution is -2.47.